The van der Waals surface area contributed by atoms with Crippen molar-refractivity contribution in [2.75, 3.05) is 26.2 Å². The molecule has 94 valence electrons. The number of hydrogen-bond donors (Lipinski definition) is 1. The average molecular weight is 252 g/mol. The van der Waals surface area contributed by atoms with Crippen molar-refractivity contribution in [3.8, 4) is 0 Å². The Morgan fingerprint density at radius 3 is 3.12 bits per heavy atom. The summed E-state index contributed by atoms with van der Waals surface area (Å²) >= 11 is 1.76. The van der Waals surface area contributed by atoms with Crippen LogP contribution in [-0.2, 0) is 11.2 Å². The molecule has 2 heterocycles. The van der Waals surface area contributed by atoms with Crippen molar-refractivity contribution in [1.82, 2.24) is 10.2 Å². The molecule has 1 aliphatic rings. The Bertz CT molecular complexity index is 367. The molecule has 17 heavy (non-hydrogen) atoms. The third-order valence-electron chi connectivity index (χ3n) is 3.23. The number of aryl methyl sites for hydroxylation is 2. The van der Waals surface area contributed by atoms with Crippen LogP contribution in [0.5, 0.6) is 0 Å². The molecule has 1 saturated heterocycles. The van der Waals surface area contributed by atoms with Gasteiger partial charge in [0.2, 0.25) is 5.91 Å². The van der Waals surface area contributed by atoms with E-state index >= 15 is 0 Å². The fraction of sp³-hybridized carbons (Fsp3) is 0.615. The molecule has 1 fully saturated rings. The normalized spacial score (nSPS) is 16.9. The van der Waals surface area contributed by atoms with Crippen LogP contribution in [0.1, 0.15) is 23.3 Å². The van der Waals surface area contributed by atoms with E-state index in [1.165, 1.54) is 10.4 Å². The minimum Gasteiger partial charge on any atom is -0.341 e. The van der Waals surface area contributed by atoms with Crippen LogP contribution in [0, 0.1) is 6.92 Å². The lowest BCUT2D eigenvalue weighted by molar-refractivity contribution is -0.130. The Morgan fingerprint density at radius 1 is 1.47 bits per heavy atom. The summed E-state index contributed by atoms with van der Waals surface area (Å²) < 4.78 is 0. The van der Waals surface area contributed by atoms with E-state index in [0.717, 1.165) is 39.0 Å². The van der Waals surface area contributed by atoms with E-state index in [-0.39, 0.29) is 0 Å². The fourth-order valence-corrected chi connectivity index (χ4v) is 3.04. The third-order valence-corrected chi connectivity index (χ3v) is 4.31. The smallest absolute Gasteiger partial charge is 0.222 e. The lowest BCUT2D eigenvalue weighted by atomic mass is 10.2. The van der Waals surface area contributed by atoms with Gasteiger partial charge in [-0.25, -0.2) is 0 Å². The summed E-state index contributed by atoms with van der Waals surface area (Å²) in [6.45, 7) is 5.86. The van der Waals surface area contributed by atoms with Crippen molar-refractivity contribution in [2.45, 2.75) is 26.2 Å². The van der Waals surface area contributed by atoms with Gasteiger partial charge in [-0.15, -0.1) is 11.3 Å². The van der Waals surface area contributed by atoms with E-state index in [4.69, 9.17) is 0 Å². The van der Waals surface area contributed by atoms with E-state index in [1.54, 1.807) is 11.3 Å². The first-order chi connectivity index (χ1) is 8.27. The molecule has 1 aliphatic heterocycles. The van der Waals surface area contributed by atoms with E-state index < -0.39 is 0 Å². The highest BCUT2D eigenvalue weighted by molar-refractivity contribution is 7.10. The second-order valence-electron chi connectivity index (χ2n) is 4.51. The maximum Gasteiger partial charge on any atom is 0.222 e. The summed E-state index contributed by atoms with van der Waals surface area (Å²) in [5, 5.41) is 5.42. The van der Waals surface area contributed by atoms with Crippen LogP contribution in [-0.4, -0.2) is 37.0 Å². The number of carbonyl (C=O) groups excluding carboxylic acids is 1. The number of hydrogen-bond acceptors (Lipinski definition) is 3. The van der Waals surface area contributed by atoms with E-state index in [2.05, 4.69) is 23.7 Å². The van der Waals surface area contributed by atoms with Crippen LogP contribution in [0.4, 0.5) is 0 Å². The molecule has 3 nitrogen and oxygen atoms in total. The van der Waals surface area contributed by atoms with Gasteiger partial charge in [-0.2, -0.15) is 0 Å². The van der Waals surface area contributed by atoms with Crippen LogP contribution in [0.25, 0.3) is 0 Å². The monoisotopic (exact) mass is 252 g/mol. The second-order valence-corrected chi connectivity index (χ2v) is 5.51. The SMILES string of the molecule is Cc1ccsc1CCC(=O)N1CCCNCC1. The lowest BCUT2D eigenvalue weighted by Crippen LogP contribution is -2.34. The summed E-state index contributed by atoms with van der Waals surface area (Å²) in [4.78, 5) is 15.4. The number of nitrogens with zero attached hydrogens (tertiary/aromatic N) is 1. The van der Waals surface area contributed by atoms with Gasteiger partial charge in [0.05, 0.1) is 0 Å². The number of amides is 1. The summed E-state index contributed by atoms with van der Waals surface area (Å²) in [7, 11) is 0. The Morgan fingerprint density at radius 2 is 2.35 bits per heavy atom. The van der Waals surface area contributed by atoms with Gasteiger partial charge in [-0.1, -0.05) is 0 Å². The maximum absolute atomic E-state index is 12.1. The van der Waals surface area contributed by atoms with Crippen molar-refractivity contribution in [3.05, 3.63) is 21.9 Å². The van der Waals surface area contributed by atoms with Gasteiger partial charge in [0.25, 0.3) is 0 Å². The Kier molecular flexibility index (Phi) is 4.57. The molecule has 0 bridgehead atoms. The van der Waals surface area contributed by atoms with Crippen LogP contribution < -0.4 is 5.32 Å². The minimum absolute atomic E-state index is 0.307. The molecule has 1 amide bonds. The Balaban J connectivity index is 1.82. The molecule has 0 radical (unpaired) electrons. The summed E-state index contributed by atoms with van der Waals surface area (Å²) in [5.41, 5.74) is 1.32. The predicted molar refractivity (Wildman–Crippen MR) is 71.4 cm³/mol. The zero-order valence-corrected chi connectivity index (χ0v) is 11.2. The fourth-order valence-electron chi connectivity index (χ4n) is 2.13. The second kappa shape index (κ2) is 6.17. The first-order valence-electron chi connectivity index (χ1n) is 6.29. The third kappa shape index (κ3) is 3.54. The number of carbonyl (C=O) groups is 1. The van der Waals surface area contributed by atoms with Crippen LogP contribution in [0.15, 0.2) is 11.4 Å². The number of rotatable bonds is 3. The summed E-state index contributed by atoms with van der Waals surface area (Å²) in [6.07, 6.45) is 2.62. The van der Waals surface area contributed by atoms with E-state index in [1.807, 2.05) is 4.90 Å². The standard InChI is InChI=1S/C13H20N2OS/c1-11-5-10-17-12(11)3-4-13(16)15-8-2-6-14-7-9-15/h5,10,14H,2-4,6-9H2,1H3. The molecule has 1 N–H and O–H groups in total. The number of nitrogens with one attached hydrogen (secondary N) is 1. The quantitative estimate of drug-likeness (QED) is 0.890. The van der Waals surface area contributed by atoms with Gasteiger partial charge in [-0.05, 0) is 43.3 Å². The van der Waals surface area contributed by atoms with Gasteiger partial charge in [0.15, 0.2) is 0 Å². The molecular weight excluding hydrogens is 232 g/mol. The van der Waals surface area contributed by atoms with Crippen molar-refractivity contribution < 1.29 is 4.79 Å². The van der Waals surface area contributed by atoms with Crippen molar-refractivity contribution in [2.24, 2.45) is 0 Å². The predicted octanol–water partition coefficient (Wildman–Crippen LogP) is 1.81. The molecule has 1 aromatic rings. The van der Waals surface area contributed by atoms with E-state index in [0.29, 0.717) is 12.3 Å². The van der Waals surface area contributed by atoms with Crippen molar-refractivity contribution in [1.29, 1.82) is 0 Å². The van der Waals surface area contributed by atoms with Gasteiger partial charge in [0, 0.05) is 30.9 Å². The lowest BCUT2D eigenvalue weighted by Gasteiger charge is -2.19. The first kappa shape index (κ1) is 12.6. The Hall–Kier alpha value is -0.870. The van der Waals surface area contributed by atoms with E-state index in [9.17, 15) is 4.79 Å². The van der Waals surface area contributed by atoms with Crippen LogP contribution in [0.3, 0.4) is 0 Å². The molecule has 0 aliphatic carbocycles. The molecule has 0 saturated carbocycles. The summed E-state index contributed by atoms with van der Waals surface area (Å²) in [5.74, 6) is 0.307. The van der Waals surface area contributed by atoms with Gasteiger partial charge in [-0.3, -0.25) is 4.79 Å². The molecule has 2 rings (SSSR count). The van der Waals surface area contributed by atoms with Crippen LogP contribution >= 0.6 is 11.3 Å². The minimum atomic E-state index is 0.307. The van der Waals surface area contributed by atoms with Gasteiger partial charge < -0.3 is 10.2 Å². The zero-order valence-electron chi connectivity index (χ0n) is 10.4. The van der Waals surface area contributed by atoms with Crippen molar-refractivity contribution >= 4 is 17.2 Å². The highest BCUT2D eigenvalue weighted by Gasteiger charge is 2.15. The molecule has 0 aromatic carbocycles. The molecule has 4 heteroatoms. The molecular formula is C13H20N2OS. The highest BCUT2D eigenvalue weighted by Crippen LogP contribution is 2.17. The topological polar surface area (TPSA) is 32.3 Å². The Labute approximate surface area is 107 Å². The molecule has 0 unspecified atom stereocenters. The molecule has 0 spiro atoms. The summed E-state index contributed by atoms with van der Waals surface area (Å²) in [6, 6.07) is 2.13. The zero-order chi connectivity index (χ0) is 12.1. The molecule has 1 aromatic heterocycles. The average Bonchev–Trinajstić information content (AvgIpc) is 2.58. The first-order valence-corrected chi connectivity index (χ1v) is 7.17. The largest absolute Gasteiger partial charge is 0.341 e. The van der Waals surface area contributed by atoms with Crippen molar-refractivity contribution in [3.63, 3.8) is 0 Å². The maximum atomic E-state index is 12.1. The van der Waals surface area contributed by atoms with Crippen LogP contribution in [0.2, 0.25) is 0 Å². The number of thiophene rings is 1. The highest BCUT2D eigenvalue weighted by atomic mass is 32.1. The van der Waals surface area contributed by atoms with Gasteiger partial charge >= 0.3 is 0 Å². The molecule has 0 atom stereocenters. The van der Waals surface area contributed by atoms with Gasteiger partial charge in [0.1, 0.15) is 0 Å².